The molecule has 1 amide bonds. The Labute approximate surface area is 166 Å². The molecule has 0 aliphatic carbocycles. The smallest absolute Gasteiger partial charge is 0.413 e. The van der Waals surface area contributed by atoms with E-state index in [2.05, 4.69) is 0 Å². The summed E-state index contributed by atoms with van der Waals surface area (Å²) >= 11 is 0. The Morgan fingerprint density at radius 3 is 2.25 bits per heavy atom. The van der Waals surface area contributed by atoms with Crippen molar-refractivity contribution >= 4 is 12.4 Å². The molecule has 3 rings (SSSR count). The second-order valence-corrected chi connectivity index (χ2v) is 8.04. The van der Waals surface area contributed by atoms with Crippen LogP contribution in [0.15, 0.2) is 54.6 Å². The monoisotopic (exact) mass is 381 g/mol. The van der Waals surface area contributed by atoms with Crippen molar-refractivity contribution in [2.75, 3.05) is 6.54 Å². The van der Waals surface area contributed by atoms with Crippen molar-refractivity contribution in [1.82, 2.24) is 4.90 Å². The minimum absolute atomic E-state index is 0.426. The number of ether oxygens (including phenoxy) is 2. The molecule has 1 heterocycles. The third kappa shape index (κ3) is 4.53. The fraction of sp³-hybridized carbons (Fsp3) is 0.391. The first-order valence-electron chi connectivity index (χ1n) is 9.64. The summed E-state index contributed by atoms with van der Waals surface area (Å²) in [6.45, 7) is 5.84. The molecule has 1 aliphatic rings. The van der Waals surface area contributed by atoms with Crippen LogP contribution in [0.4, 0.5) is 4.79 Å². The Kier molecular flexibility index (Phi) is 5.73. The number of hydrogen-bond acceptors (Lipinski definition) is 4. The van der Waals surface area contributed by atoms with E-state index >= 15 is 0 Å². The molecular formula is C23H27NO4. The van der Waals surface area contributed by atoms with Crippen LogP contribution < -0.4 is 4.74 Å². The van der Waals surface area contributed by atoms with Crippen molar-refractivity contribution in [3.05, 3.63) is 54.6 Å². The van der Waals surface area contributed by atoms with Crippen LogP contribution in [0.2, 0.25) is 0 Å². The van der Waals surface area contributed by atoms with Gasteiger partial charge in [-0.15, -0.1) is 0 Å². The maximum absolute atomic E-state index is 12.7. The highest BCUT2D eigenvalue weighted by molar-refractivity contribution is 5.76. The normalized spacial score (nSPS) is 19.8. The van der Waals surface area contributed by atoms with E-state index < -0.39 is 17.4 Å². The molecule has 1 saturated heterocycles. The molecule has 2 aromatic rings. The van der Waals surface area contributed by atoms with Crippen molar-refractivity contribution in [3.8, 4) is 16.9 Å². The average Bonchev–Trinajstić information content (AvgIpc) is 2.68. The van der Waals surface area contributed by atoms with E-state index in [0.717, 1.165) is 30.3 Å². The summed E-state index contributed by atoms with van der Waals surface area (Å²) in [6.07, 6.45) is 2.25. The van der Waals surface area contributed by atoms with Crippen LogP contribution in [0.3, 0.4) is 0 Å². The lowest BCUT2D eigenvalue weighted by Crippen LogP contribution is -2.60. The van der Waals surface area contributed by atoms with E-state index in [9.17, 15) is 9.59 Å². The van der Waals surface area contributed by atoms with Gasteiger partial charge in [0.25, 0.3) is 0 Å². The number of carbonyl (C=O) groups excluding carboxylic acids is 2. The van der Waals surface area contributed by atoms with Gasteiger partial charge in [-0.25, -0.2) is 4.79 Å². The fourth-order valence-corrected chi connectivity index (χ4v) is 3.34. The first-order valence-corrected chi connectivity index (χ1v) is 9.64. The number of benzene rings is 2. The molecule has 0 aromatic heterocycles. The number of amides is 1. The Hall–Kier alpha value is -2.82. The minimum Gasteiger partial charge on any atom is -0.461 e. The highest BCUT2D eigenvalue weighted by atomic mass is 16.6. The highest BCUT2D eigenvalue weighted by Crippen LogP contribution is 2.32. The van der Waals surface area contributed by atoms with Crippen LogP contribution in [-0.4, -0.2) is 35.2 Å². The number of likely N-dealkylation sites (tertiary alicyclic amines) is 1. The molecule has 1 aliphatic heterocycles. The van der Waals surface area contributed by atoms with Crippen LogP contribution in [0, 0.1) is 0 Å². The van der Waals surface area contributed by atoms with E-state index in [1.54, 1.807) is 20.8 Å². The van der Waals surface area contributed by atoms with Crippen molar-refractivity contribution in [2.24, 2.45) is 0 Å². The molecule has 5 heteroatoms. The first kappa shape index (κ1) is 19.9. The summed E-state index contributed by atoms with van der Waals surface area (Å²) in [6, 6.07) is 17.6. The lowest BCUT2D eigenvalue weighted by atomic mass is 9.99. The van der Waals surface area contributed by atoms with Crippen LogP contribution in [-0.2, 0) is 9.53 Å². The predicted molar refractivity (Wildman–Crippen MR) is 108 cm³/mol. The van der Waals surface area contributed by atoms with Gasteiger partial charge < -0.3 is 9.47 Å². The number of piperidine rings is 1. The van der Waals surface area contributed by atoms with Crippen LogP contribution in [0.1, 0.15) is 40.0 Å². The molecule has 0 bridgehead atoms. The third-order valence-corrected chi connectivity index (χ3v) is 4.68. The van der Waals surface area contributed by atoms with Crippen LogP contribution in [0.5, 0.6) is 5.75 Å². The number of aldehydes is 1. The largest absolute Gasteiger partial charge is 0.461 e. The molecule has 0 N–H and O–H groups in total. The Morgan fingerprint density at radius 1 is 1.00 bits per heavy atom. The number of rotatable bonds is 4. The minimum atomic E-state index is -1.34. The summed E-state index contributed by atoms with van der Waals surface area (Å²) in [4.78, 5) is 26.2. The van der Waals surface area contributed by atoms with Crippen molar-refractivity contribution in [2.45, 2.75) is 51.4 Å². The zero-order chi connectivity index (χ0) is 20.2. The second-order valence-electron chi connectivity index (χ2n) is 8.04. The van der Waals surface area contributed by atoms with Gasteiger partial charge in [0.2, 0.25) is 5.72 Å². The molecule has 148 valence electrons. The summed E-state index contributed by atoms with van der Waals surface area (Å²) in [7, 11) is 0. The van der Waals surface area contributed by atoms with Crippen LogP contribution in [0.25, 0.3) is 11.1 Å². The molecule has 1 atom stereocenters. The van der Waals surface area contributed by atoms with Crippen molar-refractivity contribution in [3.63, 3.8) is 0 Å². The van der Waals surface area contributed by atoms with Crippen molar-refractivity contribution in [1.29, 1.82) is 0 Å². The van der Waals surface area contributed by atoms with Gasteiger partial charge in [0, 0.05) is 13.0 Å². The first-order chi connectivity index (χ1) is 13.3. The maximum atomic E-state index is 12.7. The van der Waals surface area contributed by atoms with Gasteiger partial charge in [-0.1, -0.05) is 42.5 Å². The molecule has 5 nitrogen and oxygen atoms in total. The van der Waals surface area contributed by atoms with E-state index in [0.29, 0.717) is 18.7 Å². The summed E-state index contributed by atoms with van der Waals surface area (Å²) in [5.41, 5.74) is 0.183. The summed E-state index contributed by atoms with van der Waals surface area (Å²) in [5, 5.41) is 0. The third-order valence-electron chi connectivity index (χ3n) is 4.68. The number of hydrogen-bond donors (Lipinski definition) is 0. The van der Waals surface area contributed by atoms with Gasteiger partial charge in [-0.05, 0) is 56.9 Å². The van der Waals surface area contributed by atoms with E-state index in [1.165, 1.54) is 4.90 Å². The van der Waals surface area contributed by atoms with Gasteiger partial charge in [0.15, 0.2) is 6.29 Å². The van der Waals surface area contributed by atoms with E-state index in [-0.39, 0.29) is 0 Å². The average molecular weight is 381 g/mol. The molecule has 0 saturated carbocycles. The molecule has 2 aromatic carbocycles. The molecular weight excluding hydrogens is 354 g/mol. The summed E-state index contributed by atoms with van der Waals surface area (Å²) in [5.74, 6) is 0.544. The Balaban J connectivity index is 1.82. The number of carbonyl (C=O) groups is 2. The predicted octanol–water partition coefficient (Wildman–Crippen LogP) is 5.05. The quantitative estimate of drug-likeness (QED) is 0.696. The molecule has 0 spiro atoms. The Bertz CT molecular complexity index is 811. The second kappa shape index (κ2) is 8.05. The van der Waals surface area contributed by atoms with E-state index in [4.69, 9.17) is 9.47 Å². The summed E-state index contributed by atoms with van der Waals surface area (Å²) < 4.78 is 11.6. The molecule has 28 heavy (non-hydrogen) atoms. The SMILES string of the molecule is CC(C)(C)OC(=O)N1CCCCC1(C=O)Oc1ccc(-c2ccccc2)cc1. The van der Waals surface area contributed by atoms with E-state index in [1.807, 2.05) is 54.6 Å². The van der Waals surface area contributed by atoms with Gasteiger partial charge in [-0.3, -0.25) is 9.69 Å². The van der Waals surface area contributed by atoms with Gasteiger partial charge in [0.05, 0.1) is 0 Å². The van der Waals surface area contributed by atoms with Crippen LogP contribution >= 0.6 is 0 Å². The lowest BCUT2D eigenvalue weighted by molar-refractivity contribution is -0.145. The zero-order valence-corrected chi connectivity index (χ0v) is 16.7. The fourth-order valence-electron chi connectivity index (χ4n) is 3.34. The number of nitrogens with zero attached hydrogens (tertiary/aromatic N) is 1. The zero-order valence-electron chi connectivity index (χ0n) is 16.7. The van der Waals surface area contributed by atoms with Crippen molar-refractivity contribution < 1.29 is 19.1 Å². The Morgan fingerprint density at radius 2 is 1.64 bits per heavy atom. The molecule has 1 fully saturated rings. The molecule has 1 unspecified atom stereocenters. The van der Waals surface area contributed by atoms with Gasteiger partial charge >= 0.3 is 6.09 Å². The standard InChI is InChI=1S/C23H27NO4/c1-22(2,3)28-21(26)24-16-8-7-15-23(24,17-25)27-20-13-11-19(12-14-20)18-9-5-4-6-10-18/h4-6,9-14,17H,7-8,15-16H2,1-3H3. The van der Waals surface area contributed by atoms with Gasteiger partial charge in [-0.2, -0.15) is 0 Å². The highest BCUT2D eigenvalue weighted by Gasteiger charge is 2.45. The topological polar surface area (TPSA) is 55.8 Å². The maximum Gasteiger partial charge on any atom is 0.413 e. The van der Waals surface area contributed by atoms with Gasteiger partial charge in [0.1, 0.15) is 11.4 Å². The molecule has 0 radical (unpaired) electrons. The lowest BCUT2D eigenvalue weighted by Gasteiger charge is -2.43.